The van der Waals surface area contributed by atoms with E-state index in [1.54, 1.807) is 25.1 Å². The van der Waals surface area contributed by atoms with Gasteiger partial charge in [-0.2, -0.15) is 0 Å². The van der Waals surface area contributed by atoms with Crippen LogP contribution in [-0.4, -0.2) is 17.8 Å². The van der Waals surface area contributed by atoms with Gasteiger partial charge in [-0.05, 0) is 13.0 Å². The van der Waals surface area contributed by atoms with E-state index in [-0.39, 0.29) is 5.88 Å². The van der Waals surface area contributed by atoms with Gasteiger partial charge < -0.3 is 5.32 Å². The smallest absolute Gasteiger partial charge is 0.321 e. The number of hydrogen-bond acceptors (Lipinski definition) is 2. The molecule has 6 heteroatoms. The molecule has 4 nitrogen and oxygen atoms in total. The standard InChI is InChI=1S/C11H12ClFN2O2/c1-7(8-4-2-3-5-9(8)13)14-11(17)15-10(16)6-12/h2-5,7H,6H2,1H3,(H2,14,15,16,17). The molecule has 3 amide bonds. The van der Waals surface area contributed by atoms with Gasteiger partial charge in [0, 0.05) is 5.56 Å². The van der Waals surface area contributed by atoms with Crippen LogP contribution in [0.3, 0.4) is 0 Å². The number of amides is 3. The van der Waals surface area contributed by atoms with Crippen LogP contribution in [0.2, 0.25) is 0 Å². The Morgan fingerprint density at radius 1 is 1.41 bits per heavy atom. The molecule has 1 aromatic carbocycles. The number of alkyl halides is 1. The molecule has 1 aromatic rings. The zero-order valence-corrected chi connectivity index (χ0v) is 9.92. The lowest BCUT2D eigenvalue weighted by atomic mass is 10.1. The summed E-state index contributed by atoms with van der Waals surface area (Å²) in [5.74, 6) is -1.32. The Morgan fingerprint density at radius 2 is 2.06 bits per heavy atom. The molecule has 1 rings (SSSR count). The molecule has 0 aromatic heterocycles. The quantitative estimate of drug-likeness (QED) is 0.814. The molecule has 0 heterocycles. The third-order valence-corrected chi connectivity index (χ3v) is 2.34. The predicted molar refractivity (Wildman–Crippen MR) is 62.2 cm³/mol. The Labute approximate surface area is 103 Å². The Kier molecular flexibility index (Phi) is 4.90. The van der Waals surface area contributed by atoms with Crippen LogP contribution < -0.4 is 10.6 Å². The summed E-state index contributed by atoms with van der Waals surface area (Å²) < 4.78 is 13.4. The summed E-state index contributed by atoms with van der Waals surface area (Å²) in [7, 11) is 0. The predicted octanol–water partition coefficient (Wildman–Crippen LogP) is 1.95. The summed E-state index contributed by atoms with van der Waals surface area (Å²) in [5.41, 5.74) is 0.348. The lowest BCUT2D eigenvalue weighted by molar-refractivity contribution is -0.117. The Balaban J connectivity index is 2.61. The van der Waals surface area contributed by atoms with Gasteiger partial charge in [0.05, 0.1) is 6.04 Å². The van der Waals surface area contributed by atoms with Crippen LogP contribution >= 0.6 is 11.6 Å². The van der Waals surface area contributed by atoms with Gasteiger partial charge in [-0.3, -0.25) is 10.1 Å². The van der Waals surface area contributed by atoms with Crippen molar-refractivity contribution in [2.24, 2.45) is 0 Å². The van der Waals surface area contributed by atoms with Gasteiger partial charge in [-0.15, -0.1) is 11.6 Å². The van der Waals surface area contributed by atoms with Crippen LogP contribution in [0.1, 0.15) is 18.5 Å². The molecule has 0 bridgehead atoms. The fraction of sp³-hybridized carbons (Fsp3) is 0.273. The van der Waals surface area contributed by atoms with Crippen molar-refractivity contribution in [1.29, 1.82) is 0 Å². The highest BCUT2D eigenvalue weighted by Crippen LogP contribution is 2.15. The average Bonchev–Trinajstić information content (AvgIpc) is 2.29. The molecule has 92 valence electrons. The van der Waals surface area contributed by atoms with Gasteiger partial charge in [0.1, 0.15) is 11.7 Å². The fourth-order valence-corrected chi connectivity index (χ4v) is 1.36. The van der Waals surface area contributed by atoms with Gasteiger partial charge in [0.2, 0.25) is 5.91 Å². The van der Waals surface area contributed by atoms with Crippen LogP contribution in [-0.2, 0) is 4.79 Å². The van der Waals surface area contributed by atoms with E-state index in [9.17, 15) is 14.0 Å². The van der Waals surface area contributed by atoms with Crippen molar-refractivity contribution < 1.29 is 14.0 Å². The lowest BCUT2D eigenvalue weighted by Gasteiger charge is -2.14. The number of hydrogen-bond donors (Lipinski definition) is 2. The first kappa shape index (κ1) is 13.4. The van der Waals surface area contributed by atoms with Crippen LogP contribution in [0.4, 0.5) is 9.18 Å². The fourth-order valence-electron chi connectivity index (χ4n) is 1.30. The molecule has 0 saturated heterocycles. The first-order chi connectivity index (χ1) is 8.04. The third kappa shape index (κ3) is 4.03. The third-order valence-electron chi connectivity index (χ3n) is 2.09. The monoisotopic (exact) mass is 258 g/mol. The van der Waals surface area contributed by atoms with Crippen LogP contribution in [0, 0.1) is 5.82 Å². The summed E-state index contributed by atoms with van der Waals surface area (Å²) in [6.45, 7) is 1.61. The minimum Gasteiger partial charge on any atom is -0.331 e. The number of benzene rings is 1. The van der Waals surface area contributed by atoms with E-state index < -0.39 is 23.8 Å². The molecule has 0 radical (unpaired) electrons. The van der Waals surface area contributed by atoms with Gasteiger partial charge >= 0.3 is 6.03 Å². The molecule has 0 aliphatic rings. The zero-order valence-electron chi connectivity index (χ0n) is 9.17. The number of carbonyl (C=O) groups is 2. The first-order valence-electron chi connectivity index (χ1n) is 4.95. The highest BCUT2D eigenvalue weighted by atomic mass is 35.5. The van der Waals surface area contributed by atoms with E-state index in [0.717, 1.165) is 0 Å². The maximum atomic E-state index is 13.4. The Hall–Kier alpha value is -1.62. The number of imide groups is 1. The highest BCUT2D eigenvalue weighted by Gasteiger charge is 2.14. The number of urea groups is 1. The second-order valence-electron chi connectivity index (χ2n) is 3.40. The van der Waals surface area contributed by atoms with Crippen molar-refractivity contribution in [1.82, 2.24) is 10.6 Å². The maximum Gasteiger partial charge on any atom is 0.321 e. The minimum atomic E-state index is -0.702. The molecule has 0 aliphatic heterocycles. The van der Waals surface area contributed by atoms with Crippen molar-refractivity contribution >= 4 is 23.5 Å². The largest absolute Gasteiger partial charge is 0.331 e. The van der Waals surface area contributed by atoms with Gasteiger partial charge in [-0.1, -0.05) is 18.2 Å². The molecule has 2 N–H and O–H groups in total. The molecular formula is C11H12ClFN2O2. The molecule has 1 unspecified atom stereocenters. The number of nitrogens with one attached hydrogen (secondary N) is 2. The van der Waals surface area contributed by atoms with Crippen LogP contribution in [0.15, 0.2) is 24.3 Å². The molecule has 0 spiro atoms. The minimum absolute atomic E-state index is 0.304. The number of rotatable bonds is 3. The summed E-state index contributed by atoms with van der Waals surface area (Å²) in [6, 6.07) is 4.84. The zero-order chi connectivity index (χ0) is 12.8. The van der Waals surface area contributed by atoms with Crippen molar-refractivity contribution in [2.45, 2.75) is 13.0 Å². The van der Waals surface area contributed by atoms with E-state index in [0.29, 0.717) is 5.56 Å². The Bertz CT molecular complexity index is 426. The van der Waals surface area contributed by atoms with E-state index >= 15 is 0 Å². The van der Waals surface area contributed by atoms with E-state index in [1.165, 1.54) is 6.07 Å². The van der Waals surface area contributed by atoms with Crippen LogP contribution in [0.25, 0.3) is 0 Å². The summed E-state index contributed by atoms with van der Waals surface area (Å²) in [4.78, 5) is 22.1. The lowest BCUT2D eigenvalue weighted by Crippen LogP contribution is -2.41. The van der Waals surface area contributed by atoms with Gasteiger partial charge in [0.25, 0.3) is 0 Å². The summed E-state index contributed by atoms with van der Waals surface area (Å²) in [5, 5.41) is 4.44. The van der Waals surface area contributed by atoms with Crippen molar-refractivity contribution in [3.05, 3.63) is 35.6 Å². The molecule has 0 aliphatic carbocycles. The van der Waals surface area contributed by atoms with Crippen molar-refractivity contribution in [2.75, 3.05) is 5.88 Å². The number of carbonyl (C=O) groups excluding carboxylic acids is 2. The second-order valence-corrected chi connectivity index (χ2v) is 3.67. The van der Waals surface area contributed by atoms with E-state index in [4.69, 9.17) is 11.6 Å². The molecule has 1 atom stereocenters. The topological polar surface area (TPSA) is 58.2 Å². The van der Waals surface area contributed by atoms with Crippen LogP contribution in [0.5, 0.6) is 0 Å². The summed E-state index contributed by atoms with van der Waals surface area (Å²) in [6.07, 6.45) is 0. The summed E-state index contributed by atoms with van der Waals surface area (Å²) >= 11 is 5.22. The molecule has 17 heavy (non-hydrogen) atoms. The Morgan fingerprint density at radius 3 is 2.65 bits per heavy atom. The normalized spacial score (nSPS) is 11.7. The van der Waals surface area contributed by atoms with E-state index in [1.807, 2.05) is 5.32 Å². The number of halogens is 2. The van der Waals surface area contributed by atoms with Crippen molar-refractivity contribution in [3.63, 3.8) is 0 Å². The molecule has 0 saturated carbocycles. The maximum absolute atomic E-state index is 13.4. The highest BCUT2D eigenvalue weighted by molar-refractivity contribution is 6.28. The van der Waals surface area contributed by atoms with Crippen molar-refractivity contribution in [3.8, 4) is 0 Å². The second kappa shape index (κ2) is 6.20. The first-order valence-corrected chi connectivity index (χ1v) is 5.48. The SMILES string of the molecule is CC(NC(=O)NC(=O)CCl)c1ccccc1F. The average molecular weight is 259 g/mol. The van der Waals surface area contributed by atoms with E-state index in [2.05, 4.69) is 5.32 Å². The molecule has 0 fully saturated rings. The van der Waals surface area contributed by atoms with Gasteiger partial charge in [-0.25, -0.2) is 9.18 Å². The van der Waals surface area contributed by atoms with Gasteiger partial charge in [0.15, 0.2) is 0 Å². The molecular weight excluding hydrogens is 247 g/mol.